The van der Waals surface area contributed by atoms with Crippen molar-refractivity contribution in [2.75, 3.05) is 27.4 Å². The molecule has 0 saturated carbocycles. The quantitative estimate of drug-likeness (QED) is 0.00888. The number of carbonyl (C=O) groups excluding carboxylic acids is 10. The molecule has 26 nitrogen and oxygen atoms in total. The Bertz CT molecular complexity index is 3390. The fourth-order valence-electron chi connectivity index (χ4n) is 9.88. The van der Waals surface area contributed by atoms with E-state index in [2.05, 4.69) is 5.32 Å². The molecule has 0 heterocycles. The van der Waals surface area contributed by atoms with Crippen molar-refractivity contribution in [2.24, 2.45) is 35.1 Å². The molecule has 3 aromatic rings. The summed E-state index contributed by atoms with van der Waals surface area (Å²) in [5.74, 6) is -8.38. The molecule has 0 radical (unpaired) electrons. The van der Waals surface area contributed by atoms with Crippen molar-refractivity contribution in [2.45, 2.75) is 287 Å². The van der Waals surface area contributed by atoms with Gasteiger partial charge in [0.2, 0.25) is 11.1 Å². The Kier molecular flexibility index (Phi) is 49.9. The maximum Gasteiger partial charge on any atom is 0.309 e. The first-order valence-electron chi connectivity index (χ1n) is 38.2. The second-order valence-electron chi connectivity index (χ2n) is 32.1. The number of nitrogens with one attached hydrogen (secondary N) is 1. The summed E-state index contributed by atoms with van der Waals surface area (Å²) in [6, 6.07) is 20.1. The summed E-state index contributed by atoms with van der Waals surface area (Å²) in [5, 5.41) is 30.0. The molecule has 0 fully saturated rings. The number of carboxylic acids is 2. The molecular weight excluding hydrogens is 1470 g/mol. The number of aryl methyl sites for hydroxylation is 1. The van der Waals surface area contributed by atoms with E-state index in [-0.39, 0.29) is 100 Å². The highest BCUT2D eigenvalue weighted by atomic mass is 35.5. The second-order valence-corrected chi connectivity index (χ2v) is 32.6. The SMILES string of the molecule is CC(C)(C)OC(=O)CC[C@H](CC(=O)C[C@@H](CCCCN)C(=O)OC(C)(C)C)C(=O)OC(C)(C)C.CC(C)(C)OC(=O)CC[C@H](CC(=O)C[C@@H](CCCCNC(=O)CCc1ccc(CC(=O)O)cc1)C(=O)OC(C)(C)C)C(=O)OC(C)(C)C.NCc1ccc(CC(=O)O)cc1.O=C(Cl)Cc1ccc([N+](=O)[O-])cc1.[2H]CF.[2H]CF. The van der Waals surface area contributed by atoms with Gasteiger partial charge < -0.3 is 55.4 Å². The van der Waals surface area contributed by atoms with Crippen molar-refractivity contribution in [1.82, 2.24) is 5.32 Å². The Morgan fingerprint density at radius 2 is 0.739 bits per heavy atom. The van der Waals surface area contributed by atoms with Gasteiger partial charge in [0.25, 0.3) is 5.69 Å². The van der Waals surface area contributed by atoms with Gasteiger partial charge >= 0.3 is 47.8 Å². The van der Waals surface area contributed by atoms with Crippen LogP contribution < -0.4 is 16.8 Å². The van der Waals surface area contributed by atoms with Crippen LogP contribution in [0.2, 0.25) is 0 Å². The number of esters is 6. The average molecular weight is 1600 g/mol. The van der Waals surface area contributed by atoms with Gasteiger partial charge in [-0.3, -0.25) is 76.4 Å². The summed E-state index contributed by atoms with van der Waals surface area (Å²) >= 11 is 5.14. The molecule has 111 heavy (non-hydrogen) atoms. The molecule has 0 aliphatic rings. The lowest BCUT2D eigenvalue weighted by molar-refractivity contribution is -0.384. The molecule has 4 atom stereocenters. The standard InChI is InChI=1S/C37H57NO10.C26H47NO7.C9H11NO2.C8H6ClNO3.2CH3F/c1-35(2,3)46-32(43)20-18-28(34(45)48-37(7,8)9)24-29(39)23-27(33(44)47-36(4,5)6)12-10-11-21-38-30(40)19-17-25-13-15-26(16-14-25)22-31(41)42;1-24(2,3)32-21(29)14-13-19(23(31)34-26(7,8)9)17-20(28)16-18(12-10-11-15-27)22(30)33-25(4,5)6;10-6-8-3-1-7(2-4-8)5-9(11)12;9-8(11)5-6-1-3-7(4-2-6)10(12)13;2*1-2/h13-16,27-28H,10-12,17-24H2,1-9H3,(H,38,40)(H,41,42);18-19H,10-17,27H2,1-9H3;1-4H,5-6,10H2,(H,11,12);1-4H,5H2;2*1H3/t27-,28-;18-,19-;;;;/m11..../s1/i;;;;2*1D. The molecule has 0 spiro atoms. The summed E-state index contributed by atoms with van der Waals surface area (Å²) in [6.07, 6.45) is 3.98. The maximum absolute atomic E-state index is 13.3. The number of non-ortho nitro benzene ring substituents is 1. The van der Waals surface area contributed by atoms with Gasteiger partial charge in [0.1, 0.15) is 45.2 Å². The van der Waals surface area contributed by atoms with E-state index in [1.165, 1.54) is 24.3 Å². The molecular formula is C82H127ClF2N4O22. The summed E-state index contributed by atoms with van der Waals surface area (Å²) in [7, 11) is -2.00. The van der Waals surface area contributed by atoms with E-state index in [1.54, 1.807) is 149 Å². The summed E-state index contributed by atoms with van der Waals surface area (Å²) in [5.41, 5.74) is 10.8. The van der Waals surface area contributed by atoms with Crippen LogP contribution in [0.4, 0.5) is 14.5 Å². The molecule has 0 aliphatic carbocycles. The third kappa shape index (κ3) is 59.8. The van der Waals surface area contributed by atoms with Gasteiger partial charge in [-0.1, -0.05) is 73.5 Å². The van der Waals surface area contributed by atoms with E-state index in [4.69, 9.17) is 64.4 Å². The first-order chi connectivity index (χ1) is 52.0. The number of nitrogens with two attached hydrogens (primary N) is 2. The number of rotatable bonds is 38. The predicted molar refractivity (Wildman–Crippen MR) is 419 cm³/mol. The lowest BCUT2D eigenvalue weighted by Crippen LogP contribution is -2.33. The fraction of sp³-hybridized carbons (Fsp3) is 0.634. The van der Waals surface area contributed by atoms with E-state index < -0.39 is 130 Å². The van der Waals surface area contributed by atoms with Crippen LogP contribution in [0.5, 0.6) is 0 Å². The average Bonchev–Trinajstić information content (AvgIpc) is 0.841. The normalized spacial score (nSPS) is 12.6. The molecule has 0 saturated heterocycles. The molecule has 0 bridgehead atoms. The van der Waals surface area contributed by atoms with Crippen LogP contribution in [0.25, 0.3) is 0 Å². The Labute approximate surface area is 662 Å². The second kappa shape index (κ2) is 54.1. The third-order valence-electron chi connectivity index (χ3n) is 14.5. The zero-order valence-electron chi connectivity index (χ0n) is 70.5. The Morgan fingerprint density at radius 3 is 1.03 bits per heavy atom. The van der Waals surface area contributed by atoms with E-state index >= 15 is 0 Å². The largest absolute Gasteiger partial charge is 0.481 e. The lowest BCUT2D eigenvalue weighted by atomic mass is 9.90. The predicted octanol–water partition coefficient (Wildman–Crippen LogP) is 14.3. The van der Waals surface area contributed by atoms with Crippen molar-refractivity contribution in [1.29, 1.82) is 0 Å². The van der Waals surface area contributed by atoms with Gasteiger partial charge in [-0.25, -0.2) is 0 Å². The number of nitrogens with zero attached hydrogens (tertiary/aromatic N) is 1. The van der Waals surface area contributed by atoms with Gasteiger partial charge in [0.05, 0.1) is 58.5 Å². The van der Waals surface area contributed by atoms with E-state index in [0.29, 0.717) is 69.3 Å². The van der Waals surface area contributed by atoms with Crippen LogP contribution >= 0.6 is 11.6 Å². The molecule has 628 valence electrons. The van der Waals surface area contributed by atoms with Crippen LogP contribution in [-0.4, -0.2) is 147 Å². The molecule has 0 aromatic heterocycles. The zero-order chi connectivity index (χ0) is 87.7. The minimum atomic E-state index is -1.00. The van der Waals surface area contributed by atoms with Crippen molar-refractivity contribution >= 4 is 87.8 Å². The van der Waals surface area contributed by atoms with E-state index in [0.717, 1.165) is 23.1 Å². The van der Waals surface area contributed by atoms with E-state index in [1.807, 2.05) is 24.3 Å². The number of Topliss-reactive ketones (excluding diaryl/α,β-unsaturated/α-hetero) is 2. The number of ether oxygens (including phenoxy) is 6. The third-order valence-corrected chi connectivity index (χ3v) is 14.7. The Morgan fingerprint density at radius 1 is 0.450 bits per heavy atom. The van der Waals surface area contributed by atoms with Gasteiger partial charge in [-0.2, -0.15) is 0 Å². The van der Waals surface area contributed by atoms with Crippen LogP contribution in [0.3, 0.4) is 0 Å². The number of amides is 1. The van der Waals surface area contributed by atoms with Crippen molar-refractivity contribution in [3.63, 3.8) is 0 Å². The van der Waals surface area contributed by atoms with Gasteiger partial charge in [-0.15, -0.1) is 0 Å². The number of carboxylic acid groups (broad SMARTS) is 2. The smallest absolute Gasteiger partial charge is 0.309 e. The van der Waals surface area contributed by atoms with Gasteiger partial charge in [0.15, 0.2) is 0 Å². The molecule has 29 heteroatoms. The molecule has 3 aromatic carbocycles. The topological polar surface area (TPSA) is 408 Å². The van der Waals surface area contributed by atoms with Crippen molar-refractivity contribution in [3.8, 4) is 0 Å². The number of hydrogen-bond donors (Lipinski definition) is 5. The van der Waals surface area contributed by atoms with Crippen molar-refractivity contribution in [3.05, 3.63) is 111 Å². The first kappa shape index (κ1) is 102. The number of benzene rings is 3. The fourth-order valence-corrected chi connectivity index (χ4v) is 10.0. The molecule has 0 unspecified atom stereocenters. The number of aliphatic carboxylic acids is 2. The number of unbranched alkanes of at least 4 members (excludes halogenated alkanes) is 2. The molecule has 1 amide bonds. The summed E-state index contributed by atoms with van der Waals surface area (Å²) in [4.78, 5) is 156. The van der Waals surface area contributed by atoms with Crippen LogP contribution in [0.15, 0.2) is 72.8 Å². The number of alkyl halides is 2. The lowest BCUT2D eigenvalue weighted by Gasteiger charge is -2.25. The highest BCUT2D eigenvalue weighted by Crippen LogP contribution is 2.28. The highest BCUT2D eigenvalue weighted by molar-refractivity contribution is 6.63. The van der Waals surface area contributed by atoms with E-state index in [9.17, 15) is 76.4 Å². The Hall–Kier alpha value is -8.63. The first-order valence-corrected chi connectivity index (χ1v) is 37.1. The number of nitro groups is 1. The van der Waals surface area contributed by atoms with Crippen LogP contribution in [0, 0.1) is 33.8 Å². The molecule has 7 N–H and O–H groups in total. The number of carbonyl (C=O) groups is 12. The van der Waals surface area contributed by atoms with Crippen LogP contribution in [0.1, 0.15) is 251 Å². The minimum absolute atomic E-state index is 0.00534. The summed E-state index contributed by atoms with van der Waals surface area (Å²) in [6.45, 7) is 32.9. The molecule has 0 aliphatic heterocycles. The molecule has 3 rings (SSSR count). The monoisotopic (exact) mass is 1590 g/mol. The number of halogens is 3. The minimum Gasteiger partial charge on any atom is -0.481 e. The summed E-state index contributed by atoms with van der Waals surface area (Å²) < 4.78 is 63.8. The number of ketones is 2. The maximum atomic E-state index is 13.3. The number of nitro benzene ring substituents is 1. The number of hydrogen-bond acceptors (Lipinski definition) is 22. The van der Waals surface area contributed by atoms with Crippen molar-refractivity contribution < 1.29 is 113 Å². The van der Waals surface area contributed by atoms with Gasteiger partial charge in [0, 0.05) is 76.6 Å². The Balaban J connectivity index is -0.00000159. The highest BCUT2D eigenvalue weighted by Gasteiger charge is 2.35. The zero-order valence-corrected chi connectivity index (χ0v) is 69.3. The van der Waals surface area contributed by atoms with Crippen LogP contribution in [-0.2, 0) is 118 Å². The van der Waals surface area contributed by atoms with Gasteiger partial charge in [-0.05, 0) is 216 Å².